The van der Waals surface area contributed by atoms with Crippen molar-refractivity contribution in [1.29, 1.82) is 0 Å². The van der Waals surface area contributed by atoms with Crippen LogP contribution in [-0.4, -0.2) is 60.4 Å². The highest BCUT2D eigenvalue weighted by atomic mass is 19.4. The van der Waals surface area contributed by atoms with Crippen LogP contribution in [-0.2, 0) is 24.6 Å². The molecule has 0 bridgehead atoms. The zero-order valence-electron chi connectivity index (χ0n) is 23.5. The third kappa shape index (κ3) is 6.43. The van der Waals surface area contributed by atoms with Gasteiger partial charge in [0.15, 0.2) is 5.82 Å². The fraction of sp³-hybridized carbons (Fsp3) is 0.655. The number of hydrogen-bond donors (Lipinski definition) is 0. The lowest BCUT2D eigenvalue weighted by molar-refractivity contribution is -0.137. The van der Waals surface area contributed by atoms with Gasteiger partial charge in [-0.1, -0.05) is 0 Å². The van der Waals surface area contributed by atoms with E-state index in [-0.39, 0.29) is 18.4 Å². The summed E-state index contributed by atoms with van der Waals surface area (Å²) < 4.78 is 54.2. The summed E-state index contributed by atoms with van der Waals surface area (Å²) in [7, 11) is 1.89. The maximum atomic E-state index is 13.0. The SMILES string of the molecule is Cn1c(COc2cc(C(F)(F)F)ccn2)nnc1C1CCC(c2cnn(C3CCC(N4CCCOC4)CC3)c2)CC1. The molecular weight excluding hydrogens is 535 g/mol. The van der Waals surface area contributed by atoms with E-state index >= 15 is 0 Å². The van der Waals surface area contributed by atoms with E-state index < -0.39 is 11.7 Å². The van der Waals surface area contributed by atoms with Crippen LogP contribution in [0.15, 0.2) is 30.7 Å². The van der Waals surface area contributed by atoms with E-state index in [1.165, 1.54) is 18.4 Å². The van der Waals surface area contributed by atoms with Crippen LogP contribution in [0.2, 0.25) is 0 Å². The van der Waals surface area contributed by atoms with Crippen molar-refractivity contribution < 1.29 is 22.6 Å². The van der Waals surface area contributed by atoms with Crippen molar-refractivity contribution in [1.82, 2.24) is 34.4 Å². The number of alkyl halides is 3. The Hall–Kier alpha value is -2.99. The first-order valence-electron chi connectivity index (χ1n) is 14.7. The molecule has 3 aliphatic rings. The number of halogens is 3. The smallest absolute Gasteiger partial charge is 0.416 e. The largest absolute Gasteiger partial charge is 0.469 e. The van der Waals surface area contributed by atoms with Crippen molar-refractivity contribution in [2.24, 2.45) is 7.05 Å². The lowest BCUT2D eigenvalue weighted by Gasteiger charge is -2.38. The van der Waals surface area contributed by atoms with E-state index in [1.54, 1.807) is 0 Å². The Balaban J connectivity index is 0.995. The molecule has 0 radical (unpaired) electrons. The number of rotatable bonds is 7. The van der Waals surface area contributed by atoms with Gasteiger partial charge in [-0.3, -0.25) is 9.58 Å². The number of pyridine rings is 1. The van der Waals surface area contributed by atoms with Gasteiger partial charge < -0.3 is 14.0 Å². The molecule has 222 valence electrons. The van der Waals surface area contributed by atoms with Crippen LogP contribution >= 0.6 is 0 Å². The van der Waals surface area contributed by atoms with Crippen molar-refractivity contribution in [3.05, 3.63) is 53.5 Å². The minimum absolute atomic E-state index is 0.0000621. The predicted molar refractivity (Wildman–Crippen MR) is 144 cm³/mol. The normalized spacial score (nSPS) is 26.2. The molecule has 9 nitrogen and oxygen atoms in total. The molecule has 6 rings (SSSR count). The van der Waals surface area contributed by atoms with E-state index in [2.05, 4.69) is 37.2 Å². The van der Waals surface area contributed by atoms with Crippen LogP contribution in [0.3, 0.4) is 0 Å². The summed E-state index contributed by atoms with van der Waals surface area (Å²) in [6.45, 7) is 2.83. The summed E-state index contributed by atoms with van der Waals surface area (Å²) in [5.74, 6) is 2.14. The summed E-state index contributed by atoms with van der Waals surface area (Å²) in [6, 6.07) is 2.94. The van der Waals surface area contributed by atoms with Crippen LogP contribution in [0.4, 0.5) is 13.2 Å². The Bertz CT molecular complexity index is 1290. The van der Waals surface area contributed by atoms with Gasteiger partial charge in [-0.15, -0.1) is 10.2 Å². The lowest BCUT2D eigenvalue weighted by Crippen LogP contribution is -2.43. The van der Waals surface area contributed by atoms with Gasteiger partial charge in [0.1, 0.15) is 12.4 Å². The van der Waals surface area contributed by atoms with Gasteiger partial charge in [-0.05, 0) is 75.3 Å². The molecule has 2 aliphatic carbocycles. The van der Waals surface area contributed by atoms with Crippen LogP contribution in [0.1, 0.15) is 98.4 Å². The fourth-order valence-corrected chi connectivity index (χ4v) is 6.70. The summed E-state index contributed by atoms with van der Waals surface area (Å²) in [4.78, 5) is 6.40. The lowest BCUT2D eigenvalue weighted by atomic mass is 9.79. The van der Waals surface area contributed by atoms with Gasteiger partial charge in [0.05, 0.1) is 24.5 Å². The van der Waals surface area contributed by atoms with E-state index in [1.807, 2.05) is 11.6 Å². The second kappa shape index (κ2) is 12.1. The number of aromatic nitrogens is 6. The van der Waals surface area contributed by atoms with Gasteiger partial charge in [-0.2, -0.15) is 18.3 Å². The standard InChI is InChI=1S/C29H38F3N7O2/c1-37-26(18-41-27-15-23(11-12-33-27)29(30,31)32)35-36-28(37)21-5-3-20(4-6-21)22-16-34-39(17-22)25-9-7-24(8-10-25)38-13-2-14-40-19-38/h11-12,15-17,20-21,24-25H,2-10,13-14,18-19H2,1H3. The zero-order valence-corrected chi connectivity index (χ0v) is 23.5. The topological polar surface area (TPSA) is 83.1 Å². The molecular formula is C29H38F3N7O2. The molecule has 0 unspecified atom stereocenters. The Morgan fingerprint density at radius 1 is 1.00 bits per heavy atom. The van der Waals surface area contributed by atoms with Gasteiger partial charge in [0, 0.05) is 50.6 Å². The maximum Gasteiger partial charge on any atom is 0.416 e. The monoisotopic (exact) mass is 573 g/mol. The van der Waals surface area contributed by atoms with Gasteiger partial charge in [0.25, 0.3) is 0 Å². The molecule has 3 aromatic rings. The molecule has 2 saturated carbocycles. The second-order valence-corrected chi connectivity index (χ2v) is 11.7. The van der Waals surface area contributed by atoms with Gasteiger partial charge in [-0.25, -0.2) is 4.98 Å². The number of ether oxygens (including phenoxy) is 2. The van der Waals surface area contributed by atoms with Crippen LogP contribution in [0.5, 0.6) is 5.88 Å². The van der Waals surface area contributed by atoms with Gasteiger partial charge >= 0.3 is 6.18 Å². The molecule has 0 aromatic carbocycles. The van der Waals surface area contributed by atoms with Crippen molar-refractivity contribution in [2.45, 2.75) is 94.5 Å². The number of hydrogen-bond acceptors (Lipinski definition) is 7. The van der Waals surface area contributed by atoms with Crippen molar-refractivity contribution >= 4 is 0 Å². The maximum absolute atomic E-state index is 13.0. The zero-order chi connectivity index (χ0) is 28.4. The molecule has 0 amide bonds. The summed E-state index contributed by atoms with van der Waals surface area (Å²) >= 11 is 0. The molecule has 41 heavy (non-hydrogen) atoms. The first-order chi connectivity index (χ1) is 19.8. The second-order valence-electron chi connectivity index (χ2n) is 11.7. The molecule has 1 aliphatic heterocycles. The highest BCUT2D eigenvalue weighted by Crippen LogP contribution is 2.41. The third-order valence-electron chi connectivity index (χ3n) is 9.14. The predicted octanol–water partition coefficient (Wildman–Crippen LogP) is 5.61. The average Bonchev–Trinajstić information content (AvgIpc) is 3.64. The highest BCUT2D eigenvalue weighted by Gasteiger charge is 2.32. The molecule has 4 heterocycles. The van der Waals surface area contributed by atoms with Crippen molar-refractivity contribution in [3.8, 4) is 5.88 Å². The van der Waals surface area contributed by atoms with Crippen molar-refractivity contribution in [3.63, 3.8) is 0 Å². The van der Waals surface area contributed by atoms with Crippen molar-refractivity contribution in [2.75, 3.05) is 19.9 Å². The molecule has 0 N–H and O–H groups in total. The molecule has 0 spiro atoms. The Morgan fingerprint density at radius 2 is 1.76 bits per heavy atom. The molecule has 3 fully saturated rings. The van der Waals surface area contributed by atoms with Crippen LogP contribution < -0.4 is 4.74 Å². The summed E-state index contributed by atoms with van der Waals surface area (Å²) in [6.07, 6.45) is 11.0. The molecule has 0 atom stereocenters. The van der Waals surface area contributed by atoms with Crippen LogP contribution in [0.25, 0.3) is 0 Å². The minimum Gasteiger partial charge on any atom is -0.469 e. The first-order valence-corrected chi connectivity index (χ1v) is 14.7. The molecule has 3 aromatic heterocycles. The van der Waals surface area contributed by atoms with E-state index in [4.69, 9.17) is 14.6 Å². The molecule has 12 heteroatoms. The average molecular weight is 574 g/mol. The minimum atomic E-state index is -4.45. The third-order valence-corrected chi connectivity index (χ3v) is 9.14. The molecule has 1 saturated heterocycles. The first kappa shape index (κ1) is 28.1. The Kier molecular flexibility index (Phi) is 8.30. The quantitative estimate of drug-likeness (QED) is 0.363. The Morgan fingerprint density at radius 3 is 2.49 bits per heavy atom. The van der Waals surface area contributed by atoms with E-state index in [9.17, 15) is 13.2 Å². The van der Waals surface area contributed by atoms with Gasteiger partial charge in [0.2, 0.25) is 5.88 Å². The van der Waals surface area contributed by atoms with E-state index in [0.717, 1.165) is 89.0 Å². The van der Waals surface area contributed by atoms with E-state index in [0.29, 0.717) is 23.8 Å². The van der Waals surface area contributed by atoms with Crippen LogP contribution in [0, 0.1) is 0 Å². The Labute approximate surface area is 238 Å². The highest BCUT2D eigenvalue weighted by molar-refractivity contribution is 5.23. The summed E-state index contributed by atoms with van der Waals surface area (Å²) in [5, 5.41) is 13.5. The number of nitrogens with zero attached hydrogens (tertiary/aromatic N) is 7. The fourth-order valence-electron chi connectivity index (χ4n) is 6.70. The summed E-state index contributed by atoms with van der Waals surface area (Å²) in [5.41, 5.74) is 0.537.